The number of aromatic nitrogens is 2. The summed E-state index contributed by atoms with van der Waals surface area (Å²) >= 11 is 0. The molecule has 0 aromatic carbocycles. The molecule has 1 atom stereocenters. The number of hydrogen-bond donors (Lipinski definition) is 1. The Morgan fingerprint density at radius 1 is 1.37 bits per heavy atom. The first-order chi connectivity index (χ1) is 9.35. The zero-order valence-electron chi connectivity index (χ0n) is 11.5. The fourth-order valence-corrected chi connectivity index (χ4v) is 2.46. The van der Waals surface area contributed by atoms with E-state index in [1.54, 1.807) is 6.33 Å². The number of likely N-dealkylation sites (N-methyl/N-ethyl adjacent to an activating group) is 1. The third-order valence-electron chi connectivity index (χ3n) is 3.93. The van der Waals surface area contributed by atoms with Crippen LogP contribution < -0.4 is 10.2 Å². The summed E-state index contributed by atoms with van der Waals surface area (Å²) in [5.74, 6) is 1.83. The largest absolute Gasteiger partial charge is 0.375 e. The monoisotopic (exact) mass is 262 g/mol. The van der Waals surface area contributed by atoms with Crippen LogP contribution in [0.25, 0.3) is 0 Å². The first-order valence-corrected chi connectivity index (χ1v) is 7.16. The van der Waals surface area contributed by atoms with Gasteiger partial charge in [0.25, 0.3) is 0 Å². The fraction of sp³-hybridized carbons (Fsp3) is 0.714. The fourth-order valence-electron chi connectivity index (χ4n) is 2.46. The van der Waals surface area contributed by atoms with Crippen LogP contribution in [0.15, 0.2) is 12.4 Å². The summed E-state index contributed by atoms with van der Waals surface area (Å²) in [6.45, 7) is 3.57. The number of ether oxygens (including phenoxy) is 1. The Hall–Kier alpha value is -1.20. The zero-order valence-corrected chi connectivity index (χ0v) is 11.5. The summed E-state index contributed by atoms with van der Waals surface area (Å²) in [6, 6.07) is 2.63. The van der Waals surface area contributed by atoms with Crippen LogP contribution in [0.1, 0.15) is 25.0 Å². The number of rotatable bonds is 6. The van der Waals surface area contributed by atoms with Crippen molar-refractivity contribution in [2.75, 3.05) is 31.6 Å². The maximum atomic E-state index is 5.68. The van der Waals surface area contributed by atoms with Gasteiger partial charge in [-0.25, -0.2) is 9.97 Å². The van der Waals surface area contributed by atoms with Gasteiger partial charge in [0, 0.05) is 31.8 Å². The van der Waals surface area contributed by atoms with Crippen molar-refractivity contribution in [1.82, 2.24) is 15.3 Å². The van der Waals surface area contributed by atoms with Gasteiger partial charge in [-0.05, 0) is 32.2 Å². The third kappa shape index (κ3) is 3.42. The average Bonchev–Trinajstić information content (AvgIpc) is 3.14. The van der Waals surface area contributed by atoms with Crippen LogP contribution in [0, 0.1) is 5.92 Å². The van der Waals surface area contributed by atoms with Gasteiger partial charge in [-0.1, -0.05) is 0 Å². The van der Waals surface area contributed by atoms with E-state index in [-0.39, 0.29) is 0 Å². The maximum absolute atomic E-state index is 5.68. The van der Waals surface area contributed by atoms with Crippen LogP contribution in [-0.2, 0) is 11.3 Å². The Kier molecular flexibility index (Phi) is 3.94. The van der Waals surface area contributed by atoms with E-state index >= 15 is 0 Å². The molecule has 1 aromatic rings. The highest BCUT2D eigenvalue weighted by Gasteiger charge is 2.23. The van der Waals surface area contributed by atoms with Crippen molar-refractivity contribution in [2.45, 2.75) is 31.9 Å². The molecule has 104 valence electrons. The zero-order chi connectivity index (χ0) is 13.1. The Balaban J connectivity index is 1.56. The predicted octanol–water partition coefficient (Wildman–Crippen LogP) is 1.20. The van der Waals surface area contributed by atoms with Gasteiger partial charge in [-0.15, -0.1) is 0 Å². The SMILES string of the molecule is CN[C@@H]1CCN(c2cc(COCC3CC3)ncn2)C1. The van der Waals surface area contributed by atoms with E-state index in [0.29, 0.717) is 12.6 Å². The van der Waals surface area contributed by atoms with Gasteiger partial charge in [0.1, 0.15) is 12.1 Å². The molecule has 2 heterocycles. The molecule has 5 heteroatoms. The second-order valence-electron chi connectivity index (χ2n) is 5.55. The quantitative estimate of drug-likeness (QED) is 0.835. The van der Waals surface area contributed by atoms with Gasteiger partial charge in [0.05, 0.1) is 12.3 Å². The van der Waals surface area contributed by atoms with Crippen molar-refractivity contribution in [3.05, 3.63) is 18.1 Å². The highest BCUT2D eigenvalue weighted by Crippen LogP contribution is 2.29. The van der Waals surface area contributed by atoms with Crippen LogP contribution in [-0.4, -0.2) is 42.8 Å². The minimum Gasteiger partial charge on any atom is -0.375 e. The van der Waals surface area contributed by atoms with Crippen molar-refractivity contribution in [1.29, 1.82) is 0 Å². The van der Waals surface area contributed by atoms with E-state index in [1.807, 2.05) is 7.05 Å². The smallest absolute Gasteiger partial charge is 0.132 e. The van der Waals surface area contributed by atoms with Crippen molar-refractivity contribution in [3.63, 3.8) is 0 Å². The lowest BCUT2D eigenvalue weighted by molar-refractivity contribution is 0.108. The van der Waals surface area contributed by atoms with E-state index in [9.17, 15) is 0 Å². The molecule has 1 aromatic heterocycles. The lowest BCUT2D eigenvalue weighted by Gasteiger charge is -2.17. The van der Waals surface area contributed by atoms with Gasteiger partial charge in [0.2, 0.25) is 0 Å². The average molecular weight is 262 g/mol. The molecule has 1 aliphatic heterocycles. The molecule has 0 spiro atoms. The number of nitrogens with zero attached hydrogens (tertiary/aromatic N) is 3. The van der Waals surface area contributed by atoms with Gasteiger partial charge in [-0.3, -0.25) is 0 Å². The second kappa shape index (κ2) is 5.84. The molecule has 1 aliphatic carbocycles. The van der Waals surface area contributed by atoms with Crippen molar-refractivity contribution < 1.29 is 4.74 Å². The van der Waals surface area contributed by atoms with Crippen molar-refractivity contribution >= 4 is 5.82 Å². The van der Waals surface area contributed by atoms with Crippen LogP contribution in [0.5, 0.6) is 0 Å². The second-order valence-corrected chi connectivity index (χ2v) is 5.55. The molecule has 0 radical (unpaired) electrons. The summed E-state index contributed by atoms with van der Waals surface area (Å²) in [4.78, 5) is 11.0. The van der Waals surface area contributed by atoms with E-state index in [0.717, 1.165) is 37.1 Å². The molecule has 0 amide bonds. The Labute approximate surface area is 114 Å². The Morgan fingerprint density at radius 3 is 3.00 bits per heavy atom. The lowest BCUT2D eigenvalue weighted by atomic mass is 10.3. The van der Waals surface area contributed by atoms with Gasteiger partial charge >= 0.3 is 0 Å². The third-order valence-corrected chi connectivity index (χ3v) is 3.93. The molecule has 0 bridgehead atoms. The van der Waals surface area contributed by atoms with Gasteiger partial charge in [-0.2, -0.15) is 0 Å². The first kappa shape index (κ1) is 12.8. The van der Waals surface area contributed by atoms with Crippen LogP contribution >= 0.6 is 0 Å². The highest BCUT2D eigenvalue weighted by molar-refractivity contribution is 5.40. The standard InChI is InChI=1S/C14H22N4O/c1-15-12-4-5-18(7-12)14-6-13(16-10-17-14)9-19-8-11-2-3-11/h6,10-12,15H,2-5,7-9H2,1H3/t12-/m1/s1. The lowest BCUT2D eigenvalue weighted by Crippen LogP contribution is -2.29. The van der Waals surface area contributed by atoms with E-state index in [1.165, 1.54) is 19.3 Å². The number of anilines is 1. The topological polar surface area (TPSA) is 50.3 Å². The normalized spacial score (nSPS) is 23.0. The molecule has 1 saturated heterocycles. The minimum atomic E-state index is 0.574. The Bertz CT molecular complexity index is 422. The maximum Gasteiger partial charge on any atom is 0.132 e. The summed E-state index contributed by atoms with van der Waals surface area (Å²) in [5.41, 5.74) is 0.985. The molecular formula is C14H22N4O. The van der Waals surface area contributed by atoms with Crippen molar-refractivity contribution in [3.8, 4) is 0 Å². The van der Waals surface area contributed by atoms with Crippen molar-refractivity contribution in [2.24, 2.45) is 5.92 Å². The Morgan fingerprint density at radius 2 is 2.26 bits per heavy atom. The first-order valence-electron chi connectivity index (χ1n) is 7.16. The summed E-state index contributed by atoms with van der Waals surface area (Å²) in [5, 5.41) is 3.32. The molecule has 2 fully saturated rings. The van der Waals surface area contributed by atoms with Gasteiger partial charge in [0.15, 0.2) is 0 Å². The van der Waals surface area contributed by atoms with Gasteiger partial charge < -0.3 is 15.0 Å². The summed E-state index contributed by atoms with van der Waals surface area (Å²) in [6.07, 6.45) is 5.48. The summed E-state index contributed by atoms with van der Waals surface area (Å²) in [7, 11) is 2.02. The summed E-state index contributed by atoms with van der Waals surface area (Å²) < 4.78 is 5.68. The molecular weight excluding hydrogens is 240 g/mol. The number of nitrogens with one attached hydrogen (secondary N) is 1. The minimum absolute atomic E-state index is 0.574. The molecule has 5 nitrogen and oxygen atoms in total. The molecule has 1 saturated carbocycles. The molecule has 2 aliphatic rings. The van der Waals surface area contributed by atoms with Crippen LogP contribution in [0.3, 0.4) is 0 Å². The highest BCUT2D eigenvalue weighted by atomic mass is 16.5. The predicted molar refractivity (Wildman–Crippen MR) is 74.1 cm³/mol. The van der Waals surface area contributed by atoms with E-state index in [2.05, 4.69) is 26.3 Å². The molecule has 0 unspecified atom stereocenters. The molecule has 1 N–H and O–H groups in total. The van der Waals surface area contributed by atoms with E-state index in [4.69, 9.17) is 4.74 Å². The van der Waals surface area contributed by atoms with E-state index < -0.39 is 0 Å². The van der Waals surface area contributed by atoms with Crippen LogP contribution in [0.4, 0.5) is 5.82 Å². The van der Waals surface area contributed by atoms with Crippen LogP contribution in [0.2, 0.25) is 0 Å². The number of hydrogen-bond acceptors (Lipinski definition) is 5. The molecule has 3 rings (SSSR count). The molecule has 19 heavy (non-hydrogen) atoms.